The third-order valence-electron chi connectivity index (χ3n) is 3.50. The third kappa shape index (κ3) is 4.50. The fraction of sp³-hybridized carbons (Fsp3) is 0.235. The van der Waals surface area contributed by atoms with Gasteiger partial charge in [-0.1, -0.05) is 12.1 Å². The zero-order valence-corrected chi connectivity index (χ0v) is 14.0. The molecule has 1 heterocycles. The number of rotatable bonds is 4. The molecule has 0 spiro atoms. The number of pyridine rings is 1. The molecular weight excluding hydrogens is 351 g/mol. The molecular formula is C17H16F3N3O3. The number of aromatic nitrogens is 1. The van der Waals surface area contributed by atoms with E-state index in [9.17, 15) is 27.9 Å². The van der Waals surface area contributed by atoms with Crippen LogP contribution in [0.5, 0.6) is 5.75 Å². The van der Waals surface area contributed by atoms with Crippen molar-refractivity contribution in [3.63, 3.8) is 0 Å². The molecule has 1 aromatic heterocycles. The minimum absolute atomic E-state index is 0.192. The van der Waals surface area contributed by atoms with Crippen LogP contribution in [0.3, 0.4) is 0 Å². The Balaban J connectivity index is 2.22. The van der Waals surface area contributed by atoms with E-state index in [1.807, 2.05) is 0 Å². The minimum Gasteiger partial charge on any atom is -0.505 e. The van der Waals surface area contributed by atoms with Crippen LogP contribution in [0.4, 0.5) is 13.2 Å². The number of nitrogens with one attached hydrogen (secondary N) is 1. The minimum atomic E-state index is -4.50. The van der Waals surface area contributed by atoms with E-state index in [0.29, 0.717) is 0 Å². The van der Waals surface area contributed by atoms with E-state index in [0.717, 1.165) is 18.2 Å². The fourth-order valence-corrected chi connectivity index (χ4v) is 2.06. The van der Waals surface area contributed by atoms with Crippen LogP contribution >= 0.6 is 0 Å². The Kier molecular flexibility index (Phi) is 5.49. The van der Waals surface area contributed by atoms with Gasteiger partial charge in [0.05, 0.1) is 12.1 Å². The zero-order valence-electron chi connectivity index (χ0n) is 14.0. The maximum atomic E-state index is 12.8. The van der Waals surface area contributed by atoms with Crippen LogP contribution < -0.4 is 5.32 Å². The van der Waals surface area contributed by atoms with Gasteiger partial charge in [-0.3, -0.25) is 9.59 Å². The molecule has 0 aliphatic carbocycles. The van der Waals surface area contributed by atoms with Crippen LogP contribution in [-0.2, 0) is 11.0 Å². The van der Waals surface area contributed by atoms with E-state index < -0.39 is 23.4 Å². The first kappa shape index (κ1) is 19.2. The molecule has 0 radical (unpaired) electrons. The lowest BCUT2D eigenvalue weighted by atomic mass is 10.0. The van der Waals surface area contributed by atoms with Gasteiger partial charge in [0.25, 0.3) is 5.91 Å². The molecule has 2 aromatic rings. The van der Waals surface area contributed by atoms with Crippen molar-refractivity contribution in [3.8, 4) is 16.9 Å². The molecule has 0 saturated heterocycles. The Morgan fingerprint density at radius 3 is 2.46 bits per heavy atom. The summed E-state index contributed by atoms with van der Waals surface area (Å²) >= 11 is 0. The molecule has 2 amide bonds. The second-order valence-corrected chi connectivity index (χ2v) is 5.64. The van der Waals surface area contributed by atoms with E-state index >= 15 is 0 Å². The molecule has 0 aliphatic heterocycles. The first-order chi connectivity index (χ1) is 12.1. The summed E-state index contributed by atoms with van der Waals surface area (Å²) in [7, 11) is 3.04. The maximum absolute atomic E-state index is 12.8. The molecule has 0 bridgehead atoms. The molecule has 6 nitrogen and oxygen atoms in total. The lowest BCUT2D eigenvalue weighted by Gasteiger charge is -2.12. The molecule has 9 heteroatoms. The van der Waals surface area contributed by atoms with Crippen LogP contribution in [0, 0.1) is 0 Å². The van der Waals surface area contributed by atoms with Gasteiger partial charge in [-0.2, -0.15) is 13.2 Å². The highest BCUT2D eigenvalue weighted by Gasteiger charge is 2.30. The molecule has 0 saturated carbocycles. The molecule has 2 rings (SSSR count). The van der Waals surface area contributed by atoms with Gasteiger partial charge in [-0.25, -0.2) is 4.98 Å². The number of aromatic hydroxyl groups is 1. The van der Waals surface area contributed by atoms with Crippen molar-refractivity contribution < 1.29 is 27.9 Å². The predicted molar refractivity (Wildman–Crippen MR) is 87.4 cm³/mol. The lowest BCUT2D eigenvalue weighted by molar-refractivity contribution is -0.137. The highest BCUT2D eigenvalue weighted by atomic mass is 19.4. The summed E-state index contributed by atoms with van der Waals surface area (Å²) in [6.07, 6.45) is -3.32. The number of hydrogen-bond acceptors (Lipinski definition) is 4. The van der Waals surface area contributed by atoms with Crippen molar-refractivity contribution in [2.24, 2.45) is 0 Å². The number of amides is 2. The fourth-order valence-electron chi connectivity index (χ4n) is 2.06. The molecule has 1 aromatic carbocycles. The van der Waals surface area contributed by atoms with Gasteiger partial charge in [0.15, 0.2) is 5.69 Å². The molecule has 138 valence electrons. The van der Waals surface area contributed by atoms with Crippen molar-refractivity contribution in [2.45, 2.75) is 6.18 Å². The number of nitrogens with zero attached hydrogens (tertiary/aromatic N) is 2. The Bertz CT molecular complexity index is 835. The number of likely N-dealkylation sites (N-methyl/N-ethyl adjacent to an activating group) is 1. The second kappa shape index (κ2) is 7.42. The summed E-state index contributed by atoms with van der Waals surface area (Å²) in [5.74, 6) is -1.62. The van der Waals surface area contributed by atoms with Crippen LogP contribution in [0.2, 0.25) is 0 Å². The number of carbonyl (C=O) groups excluding carboxylic acids is 2. The summed E-state index contributed by atoms with van der Waals surface area (Å²) < 4.78 is 38.4. The highest BCUT2D eigenvalue weighted by molar-refractivity contribution is 5.97. The third-order valence-corrected chi connectivity index (χ3v) is 3.50. The summed E-state index contributed by atoms with van der Waals surface area (Å²) in [6, 6.07) is 5.67. The lowest BCUT2D eigenvalue weighted by Crippen LogP contribution is -2.36. The number of halogens is 3. The summed E-state index contributed by atoms with van der Waals surface area (Å²) in [4.78, 5) is 28.5. The molecule has 2 N–H and O–H groups in total. The number of hydrogen-bond donors (Lipinski definition) is 2. The summed E-state index contributed by atoms with van der Waals surface area (Å²) in [5, 5.41) is 12.3. The van der Waals surface area contributed by atoms with Gasteiger partial charge in [-0.05, 0) is 23.8 Å². The Morgan fingerprint density at radius 2 is 1.88 bits per heavy atom. The number of alkyl halides is 3. The molecule has 0 aliphatic rings. The average Bonchev–Trinajstić information content (AvgIpc) is 2.58. The van der Waals surface area contributed by atoms with Gasteiger partial charge >= 0.3 is 6.18 Å². The van der Waals surface area contributed by atoms with Gasteiger partial charge in [0.1, 0.15) is 5.75 Å². The standard InChI is InChI=1S/C17H16F3N3O3/c1-23(2)14(25)9-22-16(26)15-13(24)7-11(8-21-15)10-4-3-5-12(6-10)17(18,19)20/h3-8,24H,9H2,1-2H3,(H,22,26). The zero-order chi connectivity index (χ0) is 19.5. The van der Waals surface area contributed by atoms with E-state index in [4.69, 9.17) is 0 Å². The smallest absolute Gasteiger partial charge is 0.416 e. The Morgan fingerprint density at radius 1 is 1.19 bits per heavy atom. The first-order valence-electron chi connectivity index (χ1n) is 7.44. The molecule has 0 atom stereocenters. The van der Waals surface area contributed by atoms with E-state index in [-0.39, 0.29) is 29.3 Å². The number of benzene rings is 1. The summed E-state index contributed by atoms with van der Waals surface area (Å²) in [5.41, 5.74) is -0.752. The van der Waals surface area contributed by atoms with Crippen molar-refractivity contribution in [2.75, 3.05) is 20.6 Å². The van der Waals surface area contributed by atoms with Crippen molar-refractivity contribution in [1.82, 2.24) is 15.2 Å². The van der Waals surface area contributed by atoms with E-state index in [1.54, 1.807) is 0 Å². The monoisotopic (exact) mass is 367 g/mol. The molecule has 0 unspecified atom stereocenters. The van der Waals surface area contributed by atoms with Crippen molar-refractivity contribution >= 4 is 11.8 Å². The molecule has 0 fully saturated rings. The average molecular weight is 367 g/mol. The first-order valence-corrected chi connectivity index (χ1v) is 7.44. The number of carbonyl (C=O) groups is 2. The second-order valence-electron chi connectivity index (χ2n) is 5.64. The van der Waals surface area contributed by atoms with Gasteiger partial charge < -0.3 is 15.3 Å². The summed E-state index contributed by atoms with van der Waals surface area (Å²) in [6.45, 7) is -0.275. The van der Waals surface area contributed by atoms with E-state index in [2.05, 4.69) is 10.3 Å². The van der Waals surface area contributed by atoms with Gasteiger partial charge in [0, 0.05) is 25.9 Å². The van der Waals surface area contributed by atoms with Gasteiger partial charge in [-0.15, -0.1) is 0 Å². The van der Waals surface area contributed by atoms with Crippen molar-refractivity contribution in [1.29, 1.82) is 0 Å². The highest BCUT2D eigenvalue weighted by Crippen LogP contribution is 2.33. The van der Waals surface area contributed by atoms with Crippen LogP contribution in [-0.4, -0.2) is 47.4 Å². The quantitative estimate of drug-likeness (QED) is 0.869. The molecule has 26 heavy (non-hydrogen) atoms. The topological polar surface area (TPSA) is 82.5 Å². The largest absolute Gasteiger partial charge is 0.505 e. The van der Waals surface area contributed by atoms with Crippen molar-refractivity contribution in [3.05, 3.63) is 47.8 Å². The normalized spacial score (nSPS) is 11.1. The Hall–Kier alpha value is -3.10. The van der Waals surface area contributed by atoms with Gasteiger partial charge in [0.2, 0.25) is 5.91 Å². The Labute approximate surface area is 147 Å². The SMILES string of the molecule is CN(C)C(=O)CNC(=O)c1ncc(-c2cccc(C(F)(F)F)c2)cc1O. The van der Waals surface area contributed by atoms with E-state index in [1.165, 1.54) is 37.3 Å². The maximum Gasteiger partial charge on any atom is 0.416 e. The van der Waals surface area contributed by atoms with Crippen LogP contribution in [0.1, 0.15) is 16.1 Å². The van der Waals surface area contributed by atoms with Crippen LogP contribution in [0.15, 0.2) is 36.5 Å². The van der Waals surface area contributed by atoms with Crippen LogP contribution in [0.25, 0.3) is 11.1 Å². The predicted octanol–water partition coefficient (Wildman–Crippen LogP) is 2.29.